The molecule has 130 valence electrons. The van der Waals surface area contributed by atoms with E-state index in [4.69, 9.17) is 9.26 Å². The van der Waals surface area contributed by atoms with Crippen LogP contribution in [0.3, 0.4) is 0 Å². The Morgan fingerprint density at radius 2 is 2.33 bits per heavy atom. The summed E-state index contributed by atoms with van der Waals surface area (Å²) in [7, 11) is 0. The van der Waals surface area contributed by atoms with Crippen LogP contribution in [0, 0.1) is 6.92 Å². The summed E-state index contributed by atoms with van der Waals surface area (Å²) >= 11 is 0. The molecule has 24 heavy (non-hydrogen) atoms. The highest BCUT2D eigenvalue weighted by Gasteiger charge is 2.21. The summed E-state index contributed by atoms with van der Waals surface area (Å²) in [5, 5.41) is 7.66. The second-order valence-electron chi connectivity index (χ2n) is 6.27. The molecule has 1 saturated heterocycles. The minimum Gasteiger partial charge on any atom is -0.494 e. The van der Waals surface area contributed by atoms with Gasteiger partial charge in [-0.2, -0.15) is 4.98 Å². The molecule has 1 fully saturated rings. The van der Waals surface area contributed by atoms with Crippen molar-refractivity contribution in [3.8, 4) is 5.75 Å². The number of hydrogen-bond donors (Lipinski definition) is 1. The lowest BCUT2D eigenvalue weighted by molar-refractivity contribution is 0.177. The SMILES string of the molecule is CCOc1cccc(CN[C@@H]2CCCN(Cc3noc(C)n3)C2)c1. The maximum Gasteiger partial charge on any atom is 0.223 e. The van der Waals surface area contributed by atoms with Crippen molar-refractivity contribution in [2.45, 2.75) is 45.8 Å². The zero-order chi connectivity index (χ0) is 16.8. The topological polar surface area (TPSA) is 63.4 Å². The van der Waals surface area contributed by atoms with E-state index < -0.39 is 0 Å². The zero-order valence-corrected chi connectivity index (χ0v) is 14.5. The zero-order valence-electron chi connectivity index (χ0n) is 14.5. The van der Waals surface area contributed by atoms with E-state index in [0.717, 1.165) is 37.8 Å². The molecule has 0 unspecified atom stereocenters. The van der Waals surface area contributed by atoms with Gasteiger partial charge in [-0.05, 0) is 44.0 Å². The molecule has 1 N–H and O–H groups in total. The van der Waals surface area contributed by atoms with Crippen LogP contribution in [-0.2, 0) is 13.1 Å². The van der Waals surface area contributed by atoms with Gasteiger partial charge in [0.1, 0.15) is 5.75 Å². The molecular formula is C18H26N4O2. The predicted octanol–water partition coefficient (Wildman–Crippen LogP) is 2.53. The minimum atomic E-state index is 0.488. The molecule has 3 rings (SSSR count). The average molecular weight is 330 g/mol. The summed E-state index contributed by atoms with van der Waals surface area (Å²) in [6.45, 7) is 8.25. The van der Waals surface area contributed by atoms with Gasteiger partial charge in [0.25, 0.3) is 0 Å². The molecule has 1 aliphatic heterocycles. The average Bonchev–Trinajstić information content (AvgIpc) is 2.99. The Bertz CT molecular complexity index is 643. The number of nitrogens with zero attached hydrogens (tertiary/aromatic N) is 3. The van der Waals surface area contributed by atoms with Gasteiger partial charge in [-0.15, -0.1) is 0 Å². The molecule has 0 amide bonds. The Labute approximate surface area is 143 Å². The largest absolute Gasteiger partial charge is 0.494 e. The van der Waals surface area contributed by atoms with Gasteiger partial charge in [-0.25, -0.2) is 0 Å². The van der Waals surface area contributed by atoms with Crippen molar-refractivity contribution in [3.05, 3.63) is 41.5 Å². The third-order valence-electron chi connectivity index (χ3n) is 4.24. The lowest BCUT2D eigenvalue weighted by Crippen LogP contribution is -2.45. The van der Waals surface area contributed by atoms with E-state index in [1.54, 1.807) is 0 Å². The van der Waals surface area contributed by atoms with E-state index in [1.165, 1.54) is 18.4 Å². The molecule has 2 aromatic rings. The third kappa shape index (κ3) is 4.79. The van der Waals surface area contributed by atoms with Gasteiger partial charge in [0, 0.05) is 26.1 Å². The molecular weight excluding hydrogens is 304 g/mol. The second kappa shape index (κ2) is 8.26. The first kappa shape index (κ1) is 16.9. The molecule has 1 aliphatic rings. The number of hydrogen-bond acceptors (Lipinski definition) is 6. The van der Waals surface area contributed by atoms with Crippen molar-refractivity contribution >= 4 is 0 Å². The van der Waals surface area contributed by atoms with Gasteiger partial charge >= 0.3 is 0 Å². The van der Waals surface area contributed by atoms with Gasteiger partial charge < -0.3 is 14.6 Å². The van der Waals surface area contributed by atoms with Gasteiger partial charge in [-0.1, -0.05) is 17.3 Å². The van der Waals surface area contributed by atoms with Crippen LogP contribution < -0.4 is 10.1 Å². The Kier molecular flexibility index (Phi) is 5.82. The van der Waals surface area contributed by atoms with Crippen LogP contribution in [0.15, 0.2) is 28.8 Å². The summed E-state index contributed by atoms with van der Waals surface area (Å²) in [5.41, 5.74) is 1.26. The lowest BCUT2D eigenvalue weighted by atomic mass is 10.1. The summed E-state index contributed by atoms with van der Waals surface area (Å²) < 4.78 is 10.6. The number of aromatic nitrogens is 2. The number of rotatable bonds is 7. The molecule has 0 saturated carbocycles. The van der Waals surface area contributed by atoms with E-state index in [0.29, 0.717) is 18.5 Å². The lowest BCUT2D eigenvalue weighted by Gasteiger charge is -2.32. The molecule has 0 aliphatic carbocycles. The predicted molar refractivity (Wildman–Crippen MR) is 91.8 cm³/mol. The fraction of sp³-hybridized carbons (Fsp3) is 0.556. The smallest absolute Gasteiger partial charge is 0.223 e. The molecule has 2 heterocycles. The van der Waals surface area contributed by atoms with Crippen LogP contribution in [0.1, 0.15) is 37.0 Å². The first-order valence-electron chi connectivity index (χ1n) is 8.69. The molecule has 0 spiro atoms. The minimum absolute atomic E-state index is 0.488. The summed E-state index contributed by atoms with van der Waals surface area (Å²) in [6, 6.07) is 8.79. The van der Waals surface area contributed by atoms with Crippen molar-refractivity contribution in [1.29, 1.82) is 0 Å². The molecule has 0 bridgehead atoms. The van der Waals surface area contributed by atoms with E-state index in [2.05, 4.69) is 32.5 Å². The molecule has 1 aromatic heterocycles. The Balaban J connectivity index is 1.49. The van der Waals surface area contributed by atoms with Gasteiger partial charge in [0.15, 0.2) is 5.82 Å². The maximum absolute atomic E-state index is 5.56. The molecule has 1 aromatic carbocycles. The Morgan fingerprint density at radius 3 is 3.12 bits per heavy atom. The highest BCUT2D eigenvalue weighted by molar-refractivity contribution is 5.28. The van der Waals surface area contributed by atoms with Gasteiger partial charge in [-0.3, -0.25) is 4.90 Å². The molecule has 6 heteroatoms. The van der Waals surface area contributed by atoms with Crippen molar-refractivity contribution in [2.75, 3.05) is 19.7 Å². The Hall–Kier alpha value is -1.92. The van der Waals surface area contributed by atoms with Crippen molar-refractivity contribution in [2.24, 2.45) is 0 Å². The standard InChI is InChI=1S/C18H26N4O2/c1-3-23-17-8-4-6-15(10-17)11-19-16-7-5-9-22(12-16)13-18-20-14(2)24-21-18/h4,6,8,10,16,19H,3,5,7,9,11-13H2,1-2H3/t16-/m1/s1. The van der Waals surface area contributed by atoms with E-state index in [1.807, 2.05) is 26.0 Å². The molecule has 6 nitrogen and oxygen atoms in total. The Morgan fingerprint density at radius 1 is 1.42 bits per heavy atom. The number of ether oxygens (including phenoxy) is 1. The fourth-order valence-electron chi connectivity index (χ4n) is 3.15. The number of piperidine rings is 1. The monoisotopic (exact) mass is 330 g/mol. The normalized spacial score (nSPS) is 18.7. The third-order valence-corrected chi connectivity index (χ3v) is 4.24. The first-order valence-corrected chi connectivity index (χ1v) is 8.69. The number of likely N-dealkylation sites (tertiary alicyclic amines) is 1. The highest BCUT2D eigenvalue weighted by atomic mass is 16.5. The summed E-state index contributed by atoms with van der Waals surface area (Å²) in [5.74, 6) is 2.35. The van der Waals surface area contributed by atoms with Gasteiger partial charge in [0.05, 0.1) is 13.2 Å². The van der Waals surface area contributed by atoms with Crippen LogP contribution >= 0.6 is 0 Å². The highest BCUT2D eigenvalue weighted by Crippen LogP contribution is 2.16. The number of benzene rings is 1. The van der Waals surface area contributed by atoms with Crippen molar-refractivity contribution in [1.82, 2.24) is 20.4 Å². The summed E-state index contributed by atoms with van der Waals surface area (Å²) in [6.07, 6.45) is 2.39. The van der Waals surface area contributed by atoms with Crippen LogP contribution in [0.4, 0.5) is 0 Å². The maximum atomic E-state index is 5.56. The van der Waals surface area contributed by atoms with Crippen LogP contribution in [0.25, 0.3) is 0 Å². The van der Waals surface area contributed by atoms with Crippen molar-refractivity contribution < 1.29 is 9.26 Å². The van der Waals surface area contributed by atoms with Gasteiger partial charge in [0.2, 0.25) is 5.89 Å². The quantitative estimate of drug-likeness (QED) is 0.842. The molecule has 0 radical (unpaired) electrons. The van der Waals surface area contributed by atoms with E-state index >= 15 is 0 Å². The number of aryl methyl sites for hydroxylation is 1. The second-order valence-corrected chi connectivity index (χ2v) is 6.27. The van der Waals surface area contributed by atoms with E-state index in [9.17, 15) is 0 Å². The fourth-order valence-corrected chi connectivity index (χ4v) is 3.15. The molecule has 1 atom stereocenters. The van der Waals surface area contributed by atoms with Crippen LogP contribution in [0.2, 0.25) is 0 Å². The van der Waals surface area contributed by atoms with Crippen LogP contribution in [-0.4, -0.2) is 40.8 Å². The van der Waals surface area contributed by atoms with Crippen molar-refractivity contribution in [3.63, 3.8) is 0 Å². The number of nitrogens with one attached hydrogen (secondary N) is 1. The van der Waals surface area contributed by atoms with E-state index in [-0.39, 0.29) is 0 Å². The van der Waals surface area contributed by atoms with Crippen LogP contribution in [0.5, 0.6) is 5.75 Å². The summed E-state index contributed by atoms with van der Waals surface area (Å²) in [4.78, 5) is 6.69. The first-order chi connectivity index (χ1) is 11.7.